The zero-order chi connectivity index (χ0) is 13.2. The van der Waals surface area contributed by atoms with E-state index in [1.54, 1.807) is 0 Å². The highest BCUT2D eigenvalue weighted by molar-refractivity contribution is 5.72. The normalized spacial score (nSPS) is 13.5. The van der Waals surface area contributed by atoms with E-state index >= 15 is 0 Å². The second-order valence-electron chi connectivity index (χ2n) is 3.36. The van der Waals surface area contributed by atoms with E-state index in [9.17, 15) is 26.7 Å². The summed E-state index contributed by atoms with van der Waals surface area (Å²) in [6.07, 6.45) is -7.93. The quantitative estimate of drug-likeness (QED) is 0.842. The van der Waals surface area contributed by atoms with Gasteiger partial charge < -0.3 is 5.11 Å². The molecule has 1 N–H and O–H groups in total. The van der Waals surface area contributed by atoms with Gasteiger partial charge in [-0.3, -0.25) is 0 Å². The van der Waals surface area contributed by atoms with Crippen molar-refractivity contribution in [3.63, 3.8) is 0 Å². The Balaban J connectivity index is 3.02. The maximum absolute atomic E-state index is 12.8. The van der Waals surface area contributed by atoms with E-state index in [1.807, 2.05) is 0 Å². The Labute approximate surface area is 92.7 Å². The molecule has 0 heterocycles. The van der Waals surface area contributed by atoms with Gasteiger partial charge in [0.05, 0.1) is 5.56 Å². The van der Waals surface area contributed by atoms with Gasteiger partial charge in [0.1, 0.15) is 5.82 Å². The number of carbonyl (C=O) groups is 1. The fourth-order valence-electron chi connectivity index (χ4n) is 1.23. The molecule has 1 aromatic rings. The maximum Gasteiger partial charge on any atom is 0.416 e. The Morgan fingerprint density at radius 1 is 1.29 bits per heavy atom. The second kappa shape index (κ2) is 4.68. The van der Waals surface area contributed by atoms with Gasteiger partial charge in [-0.1, -0.05) is 0 Å². The number of halogens is 5. The van der Waals surface area contributed by atoms with Gasteiger partial charge in [-0.2, -0.15) is 13.2 Å². The molecule has 0 saturated carbocycles. The van der Waals surface area contributed by atoms with Crippen LogP contribution in [0.3, 0.4) is 0 Å². The highest BCUT2D eigenvalue weighted by Crippen LogP contribution is 2.30. The van der Waals surface area contributed by atoms with Crippen LogP contribution in [0.15, 0.2) is 18.2 Å². The Bertz CT molecular complexity index is 427. The fraction of sp³-hybridized carbons (Fsp3) is 0.300. The van der Waals surface area contributed by atoms with E-state index in [0.29, 0.717) is 12.1 Å². The van der Waals surface area contributed by atoms with E-state index in [1.165, 1.54) is 0 Å². The van der Waals surface area contributed by atoms with Crippen LogP contribution < -0.4 is 0 Å². The molecule has 0 aromatic heterocycles. The van der Waals surface area contributed by atoms with Crippen LogP contribution in [-0.4, -0.2) is 17.2 Å². The van der Waals surface area contributed by atoms with Crippen molar-refractivity contribution in [3.8, 4) is 0 Å². The first-order valence-electron chi connectivity index (χ1n) is 4.43. The molecule has 0 aliphatic rings. The van der Waals surface area contributed by atoms with Gasteiger partial charge in [0.15, 0.2) is 0 Å². The first-order chi connectivity index (χ1) is 7.70. The van der Waals surface area contributed by atoms with Gasteiger partial charge in [0.2, 0.25) is 6.17 Å². The molecule has 1 unspecified atom stereocenters. The summed E-state index contributed by atoms with van der Waals surface area (Å²) in [4.78, 5) is 10.2. The number of hydrogen-bond acceptors (Lipinski definition) is 1. The highest BCUT2D eigenvalue weighted by atomic mass is 19.4. The molecule has 1 atom stereocenters. The number of alkyl halides is 4. The van der Waals surface area contributed by atoms with E-state index in [-0.39, 0.29) is 11.6 Å². The number of carboxylic acids is 1. The molecule has 1 aromatic carbocycles. The first kappa shape index (κ1) is 13.4. The molecular formula is C10H7F5O2. The molecule has 0 fully saturated rings. The van der Waals surface area contributed by atoms with Crippen molar-refractivity contribution >= 4 is 5.97 Å². The molecule has 7 heteroatoms. The molecule has 0 saturated heterocycles. The van der Waals surface area contributed by atoms with Crippen LogP contribution in [0.1, 0.15) is 11.1 Å². The largest absolute Gasteiger partial charge is 0.479 e. The summed E-state index contributed by atoms with van der Waals surface area (Å²) in [6, 6.07) is 1.46. The van der Waals surface area contributed by atoms with Crippen molar-refractivity contribution in [2.45, 2.75) is 18.8 Å². The van der Waals surface area contributed by atoms with Gasteiger partial charge >= 0.3 is 12.1 Å². The van der Waals surface area contributed by atoms with Gasteiger partial charge in [-0.15, -0.1) is 0 Å². The number of hydrogen-bond donors (Lipinski definition) is 1. The van der Waals surface area contributed by atoms with Crippen molar-refractivity contribution in [1.82, 2.24) is 0 Å². The standard InChI is InChI=1S/C10H7F5O2/c11-7-2-5(3-8(12)9(16)17)1-6(4-7)10(13,14)15/h1-2,4,8H,3H2,(H,16,17). The van der Waals surface area contributed by atoms with Crippen LogP contribution in [0.25, 0.3) is 0 Å². The van der Waals surface area contributed by atoms with E-state index < -0.39 is 36.1 Å². The van der Waals surface area contributed by atoms with Crippen molar-refractivity contribution in [2.75, 3.05) is 0 Å². The van der Waals surface area contributed by atoms with Gasteiger partial charge in [-0.05, 0) is 23.8 Å². The van der Waals surface area contributed by atoms with Gasteiger partial charge in [0, 0.05) is 6.42 Å². The van der Waals surface area contributed by atoms with E-state index in [2.05, 4.69) is 0 Å². The summed E-state index contributed by atoms with van der Waals surface area (Å²) in [7, 11) is 0. The third-order valence-electron chi connectivity index (χ3n) is 1.97. The Morgan fingerprint density at radius 3 is 2.35 bits per heavy atom. The van der Waals surface area contributed by atoms with Crippen LogP contribution in [0.5, 0.6) is 0 Å². The lowest BCUT2D eigenvalue weighted by Crippen LogP contribution is -2.18. The third-order valence-corrected chi connectivity index (χ3v) is 1.97. The lowest BCUT2D eigenvalue weighted by atomic mass is 10.0. The number of rotatable bonds is 3. The average molecular weight is 254 g/mol. The van der Waals surface area contributed by atoms with Gasteiger partial charge in [-0.25, -0.2) is 13.6 Å². The predicted molar refractivity (Wildman–Crippen MR) is 47.6 cm³/mol. The molecule has 0 spiro atoms. The van der Waals surface area contributed by atoms with Crippen LogP contribution in [0.4, 0.5) is 22.0 Å². The molecular weight excluding hydrogens is 247 g/mol. The lowest BCUT2D eigenvalue weighted by Gasteiger charge is -2.10. The lowest BCUT2D eigenvalue weighted by molar-refractivity contribution is -0.142. The molecule has 0 radical (unpaired) electrons. The number of aliphatic carboxylic acids is 1. The molecule has 17 heavy (non-hydrogen) atoms. The van der Waals surface area contributed by atoms with Crippen molar-refractivity contribution in [1.29, 1.82) is 0 Å². The Morgan fingerprint density at radius 2 is 1.88 bits per heavy atom. The minimum atomic E-state index is -4.76. The Kier molecular flexibility index (Phi) is 3.69. The van der Waals surface area contributed by atoms with Crippen LogP contribution in [0.2, 0.25) is 0 Å². The summed E-state index contributed by atoms with van der Waals surface area (Å²) in [5.74, 6) is -2.99. The average Bonchev–Trinajstić information content (AvgIpc) is 2.15. The van der Waals surface area contributed by atoms with Crippen LogP contribution in [0, 0.1) is 5.82 Å². The maximum atomic E-state index is 12.8. The smallest absolute Gasteiger partial charge is 0.416 e. The molecule has 0 bridgehead atoms. The zero-order valence-electron chi connectivity index (χ0n) is 8.26. The van der Waals surface area contributed by atoms with Gasteiger partial charge in [0.25, 0.3) is 0 Å². The molecule has 0 aliphatic heterocycles. The van der Waals surface area contributed by atoms with E-state index in [0.717, 1.165) is 0 Å². The summed E-state index contributed by atoms with van der Waals surface area (Å²) in [5.41, 5.74) is -1.63. The first-order valence-corrected chi connectivity index (χ1v) is 4.43. The van der Waals surface area contributed by atoms with Crippen LogP contribution >= 0.6 is 0 Å². The summed E-state index contributed by atoms with van der Waals surface area (Å²) in [6.45, 7) is 0. The Hall–Kier alpha value is -1.66. The predicted octanol–water partition coefficient (Wildman–Crippen LogP) is 2.81. The molecule has 2 nitrogen and oxygen atoms in total. The zero-order valence-corrected chi connectivity index (χ0v) is 8.26. The number of carboxylic acid groups (broad SMARTS) is 1. The highest BCUT2D eigenvalue weighted by Gasteiger charge is 2.31. The molecule has 1 rings (SSSR count). The molecule has 0 aliphatic carbocycles. The second-order valence-corrected chi connectivity index (χ2v) is 3.36. The van der Waals surface area contributed by atoms with Crippen LogP contribution in [-0.2, 0) is 17.4 Å². The van der Waals surface area contributed by atoms with Crippen molar-refractivity contribution in [3.05, 3.63) is 35.1 Å². The third kappa shape index (κ3) is 3.69. The summed E-state index contributed by atoms with van der Waals surface area (Å²) >= 11 is 0. The SMILES string of the molecule is O=C(O)C(F)Cc1cc(F)cc(C(F)(F)F)c1. The van der Waals surface area contributed by atoms with E-state index in [4.69, 9.17) is 5.11 Å². The monoisotopic (exact) mass is 254 g/mol. The van der Waals surface area contributed by atoms with Crippen molar-refractivity contribution < 1.29 is 31.9 Å². The molecule has 94 valence electrons. The summed E-state index contributed by atoms with van der Waals surface area (Å²) < 4.78 is 62.4. The minimum absolute atomic E-state index is 0.261. The fourth-order valence-corrected chi connectivity index (χ4v) is 1.23. The molecule has 0 amide bonds. The van der Waals surface area contributed by atoms with Crippen molar-refractivity contribution in [2.24, 2.45) is 0 Å². The number of benzene rings is 1. The minimum Gasteiger partial charge on any atom is -0.479 e. The topological polar surface area (TPSA) is 37.3 Å². The summed E-state index contributed by atoms with van der Waals surface area (Å²) in [5, 5.41) is 8.25.